The van der Waals surface area contributed by atoms with Gasteiger partial charge >= 0.3 is 17.1 Å². The summed E-state index contributed by atoms with van der Waals surface area (Å²) in [6.45, 7) is 3.73. The van der Waals surface area contributed by atoms with Crippen molar-refractivity contribution < 1.29 is 17.1 Å². The minimum absolute atomic E-state index is 0. The molecule has 6 nitrogen and oxygen atoms in total. The smallest absolute Gasteiger partial charge is 0.753 e. The molecule has 0 amide bonds. The summed E-state index contributed by atoms with van der Waals surface area (Å²) in [7, 11) is 0. The van der Waals surface area contributed by atoms with Crippen LogP contribution in [0.1, 0.15) is 11.4 Å². The number of nitrogen functional groups attached to an aromatic ring is 1. The van der Waals surface area contributed by atoms with E-state index in [0.29, 0.717) is 0 Å². The second-order valence-corrected chi connectivity index (χ2v) is 2.77. The molecule has 1 aromatic rings. The summed E-state index contributed by atoms with van der Waals surface area (Å²) in [5.41, 5.74) is 6.99. The normalized spacial score (nSPS) is 6.71. The first kappa shape index (κ1) is 21.1. The molecule has 0 aliphatic carbocycles. The SMILES string of the molecule is Cc1cc(C)n(C(=N)N)n1.[Cu+2].[N-]=C=S.[N-]=C=S. The number of nitrogens with zero attached hydrogens (tertiary/aromatic N) is 4. The number of hydrogen-bond donors (Lipinski definition) is 2. The molecule has 0 bridgehead atoms. The molecule has 0 spiro atoms. The number of aryl methyl sites for hydroxylation is 2. The van der Waals surface area contributed by atoms with Crippen LogP contribution in [-0.4, -0.2) is 26.1 Å². The van der Waals surface area contributed by atoms with Gasteiger partial charge in [-0.3, -0.25) is 5.41 Å². The Bertz CT molecular complexity index is 404. The van der Waals surface area contributed by atoms with Crippen molar-refractivity contribution in [3.63, 3.8) is 0 Å². The average molecular weight is 318 g/mol. The van der Waals surface area contributed by atoms with Crippen LogP contribution < -0.4 is 5.73 Å². The molecular weight excluding hydrogens is 308 g/mol. The Labute approximate surface area is 121 Å². The molecule has 0 atom stereocenters. The van der Waals surface area contributed by atoms with Crippen LogP contribution in [0.5, 0.6) is 0 Å². The van der Waals surface area contributed by atoms with Crippen LogP contribution in [0.2, 0.25) is 0 Å². The van der Waals surface area contributed by atoms with E-state index in [0.717, 1.165) is 11.4 Å². The molecule has 9 heteroatoms. The van der Waals surface area contributed by atoms with Crippen molar-refractivity contribution in [2.45, 2.75) is 13.8 Å². The molecule has 0 aliphatic heterocycles. The number of isothiocyanates is 2. The predicted molar refractivity (Wildman–Crippen MR) is 70.9 cm³/mol. The van der Waals surface area contributed by atoms with Crippen molar-refractivity contribution in [1.82, 2.24) is 9.78 Å². The van der Waals surface area contributed by atoms with E-state index in [4.69, 9.17) is 22.0 Å². The summed E-state index contributed by atoms with van der Waals surface area (Å²) >= 11 is 7.40. The van der Waals surface area contributed by atoms with E-state index < -0.39 is 0 Å². The Balaban J connectivity index is -0.000000240. The quantitative estimate of drug-likeness (QED) is 0.327. The maximum Gasteiger partial charge on any atom is 2.00 e. The van der Waals surface area contributed by atoms with Crippen LogP contribution in [0.4, 0.5) is 0 Å². The Morgan fingerprint density at radius 2 is 1.76 bits per heavy atom. The van der Waals surface area contributed by atoms with E-state index in [1.54, 1.807) is 0 Å². The fourth-order valence-electron chi connectivity index (χ4n) is 0.873. The summed E-state index contributed by atoms with van der Waals surface area (Å²) in [6.07, 6.45) is 0. The van der Waals surface area contributed by atoms with Crippen LogP contribution in [0.3, 0.4) is 0 Å². The van der Waals surface area contributed by atoms with Gasteiger partial charge in [-0.2, -0.15) is 15.4 Å². The zero-order chi connectivity index (χ0) is 13.1. The number of aromatic nitrogens is 2. The third-order valence-electron chi connectivity index (χ3n) is 1.24. The van der Waals surface area contributed by atoms with Gasteiger partial charge in [0.25, 0.3) is 0 Å². The molecule has 3 N–H and O–H groups in total. The molecule has 1 rings (SSSR count). The Morgan fingerprint density at radius 3 is 1.88 bits per heavy atom. The first-order valence-electron chi connectivity index (χ1n) is 3.84. The molecule has 1 aromatic heterocycles. The first-order chi connectivity index (χ1) is 7.44. The van der Waals surface area contributed by atoms with Crippen LogP contribution in [-0.2, 0) is 17.1 Å². The van der Waals surface area contributed by atoms with Crippen LogP contribution in [0.25, 0.3) is 10.8 Å². The summed E-state index contributed by atoms with van der Waals surface area (Å²) in [6, 6.07) is 1.88. The van der Waals surface area contributed by atoms with Crippen molar-refractivity contribution in [2.75, 3.05) is 0 Å². The van der Waals surface area contributed by atoms with Crippen molar-refractivity contribution >= 4 is 40.7 Å². The molecule has 0 unspecified atom stereocenters. The van der Waals surface area contributed by atoms with E-state index in [2.05, 4.69) is 29.5 Å². The van der Waals surface area contributed by atoms with Gasteiger partial charge < -0.3 is 16.6 Å². The molecular formula is C8H10CuN6S2. The van der Waals surface area contributed by atoms with Gasteiger partial charge in [0.05, 0.1) is 5.69 Å². The number of nitrogens with two attached hydrogens (primary N) is 1. The van der Waals surface area contributed by atoms with Gasteiger partial charge in [0.1, 0.15) is 0 Å². The van der Waals surface area contributed by atoms with Crippen molar-refractivity contribution in [1.29, 1.82) is 5.41 Å². The molecule has 0 saturated heterocycles. The molecule has 0 aromatic carbocycles. The fourth-order valence-corrected chi connectivity index (χ4v) is 0.873. The predicted octanol–water partition coefficient (Wildman–Crippen LogP) is 1.56. The van der Waals surface area contributed by atoms with Gasteiger partial charge in [-0.1, -0.05) is 24.4 Å². The van der Waals surface area contributed by atoms with Crippen LogP contribution in [0.15, 0.2) is 6.07 Å². The van der Waals surface area contributed by atoms with E-state index in [1.165, 1.54) is 15.0 Å². The van der Waals surface area contributed by atoms with Gasteiger partial charge in [0.2, 0.25) is 5.96 Å². The standard InChI is InChI=1S/C6H10N4.2CNS.Cu/c1-4-3-5(2)10(9-4)6(7)8;2*2-1-3;/h3H,1-2H3,(H3,7,8);;;/q;2*-1;+2. The van der Waals surface area contributed by atoms with Gasteiger partial charge in [-0.05, 0) is 19.9 Å². The minimum atomic E-state index is -0.0365. The van der Waals surface area contributed by atoms with Gasteiger partial charge in [-0.15, -0.1) is 0 Å². The van der Waals surface area contributed by atoms with Gasteiger partial charge in [0, 0.05) is 5.69 Å². The molecule has 0 fully saturated rings. The van der Waals surface area contributed by atoms with Crippen molar-refractivity contribution in [3.05, 3.63) is 28.3 Å². The second-order valence-electron chi connectivity index (χ2n) is 2.41. The first-order valence-corrected chi connectivity index (χ1v) is 4.66. The van der Waals surface area contributed by atoms with Crippen LogP contribution in [0, 0.1) is 19.3 Å². The average Bonchev–Trinajstić information content (AvgIpc) is 2.48. The number of rotatable bonds is 0. The Kier molecular flexibility index (Phi) is 16.0. The van der Waals surface area contributed by atoms with Crippen molar-refractivity contribution in [3.8, 4) is 0 Å². The molecule has 1 heterocycles. The van der Waals surface area contributed by atoms with Gasteiger partial charge in [0.15, 0.2) is 0 Å². The number of hydrogen-bond acceptors (Lipinski definition) is 4. The topological polar surface area (TPSA) is 112 Å². The largest absolute Gasteiger partial charge is 2.00 e. The monoisotopic (exact) mass is 317 g/mol. The molecule has 0 saturated carbocycles. The number of nitrogens with one attached hydrogen (secondary N) is 1. The molecule has 95 valence electrons. The second kappa shape index (κ2) is 12.9. The minimum Gasteiger partial charge on any atom is -0.753 e. The van der Waals surface area contributed by atoms with E-state index >= 15 is 0 Å². The van der Waals surface area contributed by atoms with E-state index in [9.17, 15) is 0 Å². The van der Waals surface area contributed by atoms with E-state index in [-0.39, 0.29) is 23.0 Å². The third-order valence-corrected chi connectivity index (χ3v) is 1.24. The number of thiocarbonyl (C=S) groups is 2. The fraction of sp³-hybridized carbons (Fsp3) is 0.250. The van der Waals surface area contributed by atoms with E-state index in [1.807, 2.05) is 19.9 Å². The summed E-state index contributed by atoms with van der Waals surface area (Å²) in [4.78, 5) is 0. The molecule has 17 heavy (non-hydrogen) atoms. The van der Waals surface area contributed by atoms with Crippen LogP contribution >= 0.6 is 24.4 Å². The summed E-state index contributed by atoms with van der Waals surface area (Å²) in [5, 5.41) is 28.0. The molecule has 1 radical (unpaired) electrons. The van der Waals surface area contributed by atoms with Gasteiger partial charge in [-0.25, -0.2) is 4.68 Å². The zero-order valence-corrected chi connectivity index (χ0v) is 11.6. The maximum absolute atomic E-state index is 7.13. The Morgan fingerprint density at radius 1 is 1.41 bits per heavy atom. The third kappa shape index (κ3) is 11.1. The maximum atomic E-state index is 7.13. The molecule has 0 aliphatic rings. The zero-order valence-electron chi connectivity index (χ0n) is 9.06. The Hall–Kier alpha value is -1.20. The summed E-state index contributed by atoms with van der Waals surface area (Å²) < 4.78 is 1.40. The summed E-state index contributed by atoms with van der Waals surface area (Å²) in [5.74, 6) is -0.0365. The van der Waals surface area contributed by atoms with Crippen molar-refractivity contribution in [2.24, 2.45) is 5.73 Å².